The van der Waals surface area contributed by atoms with E-state index in [1.54, 1.807) is 4.52 Å². The Hall–Kier alpha value is -3.54. The average Bonchev–Trinajstić information content (AvgIpc) is 3.11. The molecule has 6 heteroatoms. The second-order valence-corrected chi connectivity index (χ2v) is 7.37. The van der Waals surface area contributed by atoms with Crippen LogP contribution in [0.1, 0.15) is 28.1 Å². The molecule has 0 aliphatic heterocycles. The fourth-order valence-electron chi connectivity index (χ4n) is 3.37. The van der Waals surface area contributed by atoms with Crippen LogP contribution in [-0.4, -0.2) is 25.5 Å². The van der Waals surface area contributed by atoms with Gasteiger partial charge in [0.1, 0.15) is 0 Å². The molecule has 29 heavy (non-hydrogen) atoms. The second kappa shape index (κ2) is 7.47. The SMILES string of the molecule is Cc1ccc(NC(=O)Cc2c(C)nc3nc(-c4cccc(C)c4)nn3c2C)cc1. The van der Waals surface area contributed by atoms with E-state index in [-0.39, 0.29) is 12.3 Å². The molecule has 4 aromatic rings. The first-order chi connectivity index (χ1) is 13.9. The fraction of sp³-hybridized carbons (Fsp3) is 0.217. The van der Waals surface area contributed by atoms with Gasteiger partial charge in [0.2, 0.25) is 5.91 Å². The summed E-state index contributed by atoms with van der Waals surface area (Å²) in [6.45, 7) is 7.91. The number of nitrogens with one attached hydrogen (secondary N) is 1. The van der Waals surface area contributed by atoms with E-state index in [1.807, 2.05) is 76.2 Å². The molecule has 0 saturated carbocycles. The lowest BCUT2D eigenvalue weighted by Crippen LogP contribution is -2.17. The quantitative estimate of drug-likeness (QED) is 0.571. The first kappa shape index (κ1) is 18.8. The smallest absolute Gasteiger partial charge is 0.253 e. The Labute approximate surface area is 169 Å². The molecule has 0 atom stereocenters. The molecular formula is C23H23N5O. The van der Waals surface area contributed by atoms with Crippen LogP contribution in [0.15, 0.2) is 48.5 Å². The number of hydrogen-bond donors (Lipinski definition) is 1. The van der Waals surface area contributed by atoms with Gasteiger partial charge in [-0.15, -0.1) is 5.10 Å². The lowest BCUT2D eigenvalue weighted by Gasteiger charge is -2.11. The molecule has 1 N–H and O–H groups in total. The van der Waals surface area contributed by atoms with Gasteiger partial charge in [-0.3, -0.25) is 4.79 Å². The zero-order valence-corrected chi connectivity index (χ0v) is 17.0. The topological polar surface area (TPSA) is 72.2 Å². The van der Waals surface area contributed by atoms with Gasteiger partial charge >= 0.3 is 0 Å². The number of amides is 1. The maximum atomic E-state index is 12.6. The summed E-state index contributed by atoms with van der Waals surface area (Å²) in [7, 11) is 0. The van der Waals surface area contributed by atoms with Crippen LogP contribution >= 0.6 is 0 Å². The van der Waals surface area contributed by atoms with Crippen molar-refractivity contribution in [1.29, 1.82) is 0 Å². The van der Waals surface area contributed by atoms with Gasteiger partial charge in [0.05, 0.1) is 6.42 Å². The van der Waals surface area contributed by atoms with E-state index in [0.717, 1.165) is 39.3 Å². The van der Waals surface area contributed by atoms with Gasteiger partial charge in [-0.05, 0) is 45.9 Å². The second-order valence-electron chi connectivity index (χ2n) is 7.37. The predicted molar refractivity (Wildman–Crippen MR) is 114 cm³/mol. The Morgan fingerprint density at radius 3 is 2.45 bits per heavy atom. The number of rotatable bonds is 4. The van der Waals surface area contributed by atoms with Gasteiger partial charge in [-0.2, -0.15) is 4.98 Å². The number of nitrogens with zero attached hydrogens (tertiary/aromatic N) is 4. The molecule has 0 fully saturated rings. The standard InChI is InChI=1S/C23H23N5O/c1-14-8-10-19(11-9-14)25-21(29)13-20-16(3)24-23-26-22(27-28(23)17(20)4)18-7-5-6-15(2)12-18/h5-12H,13H2,1-4H3,(H,25,29). The fourth-order valence-corrected chi connectivity index (χ4v) is 3.37. The van der Waals surface area contributed by atoms with Crippen molar-refractivity contribution in [2.45, 2.75) is 34.1 Å². The highest BCUT2D eigenvalue weighted by Gasteiger charge is 2.17. The van der Waals surface area contributed by atoms with Gasteiger partial charge in [-0.1, -0.05) is 41.5 Å². The summed E-state index contributed by atoms with van der Waals surface area (Å²) < 4.78 is 1.72. The molecule has 4 rings (SSSR count). The van der Waals surface area contributed by atoms with Crippen molar-refractivity contribution in [3.8, 4) is 11.4 Å². The van der Waals surface area contributed by atoms with E-state index >= 15 is 0 Å². The number of anilines is 1. The van der Waals surface area contributed by atoms with E-state index in [4.69, 9.17) is 0 Å². The first-order valence-corrected chi connectivity index (χ1v) is 9.57. The first-order valence-electron chi connectivity index (χ1n) is 9.57. The molecule has 6 nitrogen and oxygen atoms in total. The van der Waals surface area contributed by atoms with Gasteiger partial charge in [0.15, 0.2) is 5.82 Å². The van der Waals surface area contributed by atoms with Gasteiger partial charge in [0, 0.05) is 28.2 Å². The van der Waals surface area contributed by atoms with Crippen molar-refractivity contribution in [2.75, 3.05) is 5.32 Å². The highest BCUT2D eigenvalue weighted by molar-refractivity contribution is 5.92. The number of hydrogen-bond acceptors (Lipinski definition) is 4. The van der Waals surface area contributed by atoms with Crippen molar-refractivity contribution < 1.29 is 4.79 Å². The van der Waals surface area contributed by atoms with Crippen LogP contribution in [0, 0.1) is 27.7 Å². The number of fused-ring (bicyclic) bond motifs is 1. The molecule has 2 heterocycles. The normalized spacial score (nSPS) is 11.0. The molecule has 0 aliphatic carbocycles. The molecular weight excluding hydrogens is 362 g/mol. The zero-order chi connectivity index (χ0) is 20.5. The maximum Gasteiger partial charge on any atom is 0.253 e. The van der Waals surface area contributed by atoms with Gasteiger partial charge in [-0.25, -0.2) is 9.50 Å². The molecule has 0 saturated heterocycles. The number of aryl methyl sites for hydroxylation is 4. The van der Waals surface area contributed by atoms with E-state index in [9.17, 15) is 4.79 Å². The highest BCUT2D eigenvalue weighted by atomic mass is 16.1. The summed E-state index contributed by atoms with van der Waals surface area (Å²) in [5, 5.41) is 7.58. The van der Waals surface area contributed by atoms with Crippen LogP contribution in [0.5, 0.6) is 0 Å². The van der Waals surface area contributed by atoms with E-state index in [0.29, 0.717) is 11.6 Å². The molecule has 1 amide bonds. The third-order valence-electron chi connectivity index (χ3n) is 5.00. The third-order valence-corrected chi connectivity index (χ3v) is 5.00. The largest absolute Gasteiger partial charge is 0.326 e. The predicted octanol–water partition coefficient (Wildman–Crippen LogP) is 4.21. The van der Waals surface area contributed by atoms with Crippen molar-refractivity contribution in [2.24, 2.45) is 0 Å². The minimum Gasteiger partial charge on any atom is -0.326 e. The van der Waals surface area contributed by atoms with Crippen molar-refractivity contribution in [3.05, 3.63) is 76.6 Å². The van der Waals surface area contributed by atoms with E-state index in [1.165, 1.54) is 0 Å². The van der Waals surface area contributed by atoms with Crippen LogP contribution in [-0.2, 0) is 11.2 Å². The molecule has 0 unspecified atom stereocenters. The minimum absolute atomic E-state index is 0.0831. The molecule has 0 spiro atoms. The number of benzene rings is 2. The van der Waals surface area contributed by atoms with Crippen molar-refractivity contribution in [1.82, 2.24) is 19.6 Å². The Bertz CT molecular complexity index is 1210. The average molecular weight is 385 g/mol. The molecule has 0 radical (unpaired) electrons. The van der Waals surface area contributed by atoms with Crippen LogP contribution in [0.3, 0.4) is 0 Å². The summed E-state index contributed by atoms with van der Waals surface area (Å²) in [4.78, 5) is 21.8. The van der Waals surface area contributed by atoms with Crippen LogP contribution in [0.4, 0.5) is 5.69 Å². The summed E-state index contributed by atoms with van der Waals surface area (Å²) in [6.07, 6.45) is 0.230. The highest BCUT2D eigenvalue weighted by Crippen LogP contribution is 2.20. The Balaban J connectivity index is 1.64. The minimum atomic E-state index is -0.0831. The number of carbonyl (C=O) groups excluding carboxylic acids is 1. The van der Waals surface area contributed by atoms with Crippen LogP contribution in [0.2, 0.25) is 0 Å². The monoisotopic (exact) mass is 385 g/mol. The molecule has 2 aromatic heterocycles. The van der Waals surface area contributed by atoms with Crippen molar-refractivity contribution in [3.63, 3.8) is 0 Å². The molecule has 0 aliphatic rings. The number of aromatic nitrogens is 4. The summed E-state index contributed by atoms with van der Waals surface area (Å²) in [5.74, 6) is 1.09. The summed E-state index contributed by atoms with van der Waals surface area (Å²) >= 11 is 0. The Kier molecular flexibility index (Phi) is 4.84. The maximum absolute atomic E-state index is 12.6. The molecule has 0 bridgehead atoms. The van der Waals surface area contributed by atoms with Gasteiger partial charge < -0.3 is 5.32 Å². The Morgan fingerprint density at radius 1 is 0.966 bits per heavy atom. The number of carbonyl (C=O) groups is 1. The van der Waals surface area contributed by atoms with Crippen molar-refractivity contribution >= 4 is 17.4 Å². The lowest BCUT2D eigenvalue weighted by atomic mass is 10.1. The Morgan fingerprint density at radius 2 is 1.72 bits per heavy atom. The van der Waals surface area contributed by atoms with E-state index < -0.39 is 0 Å². The van der Waals surface area contributed by atoms with Crippen LogP contribution < -0.4 is 5.32 Å². The van der Waals surface area contributed by atoms with Gasteiger partial charge in [0.25, 0.3) is 5.78 Å². The molecule has 2 aromatic carbocycles. The zero-order valence-electron chi connectivity index (χ0n) is 17.0. The third kappa shape index (κ3) is 3.87. The lowest BCUT2D eigenvalue weighted by molar-refractivity contribution is -0.115. The summed E-state index contributed by atoms with van der Waals surface area (Å²) in [6, 6.07) is 15.8. The van der Waals surface area contributed by atoms with Crippen LogP contribution in [0.25, 0.3) is 17.2 Å². The molecule has 146 valence electrons. The van der Waals surface area contributed by atoms with E-state index in [2.05, 4.69) is 20.4 Å². The summed E-state index contributed by atoms with van der Waals surface area (Å²) in [5.41, 5.74) is 6.56.